The lowest BCUT2D eigenvalue weighted by molar-refractivity contribution is -0.205. The zero-order valence-electron chi connectivity index (χ0n) is 18.0. The minimum absolute atomic E-state index is 0.0393. The van der Waals surface area contributed by atoms with Crippen LogP contribution in [0.25, 0.3) is 0 Å². The number of rotatable bonds is 3. The van der Waals surface area contributed by atoms with Crippen molar-refractivity contribution in [3.63, 3.8) is 0 Å². The van der Waals surface area contributed by atoms with Crippen molar-refractivity contribution in [2.45, 2.75) is 50.2 Å². The summed E-state index contributed by atoms with van der Waals surface area (Å²) in [5.74, 6) is 1.28. The first-order valence-electron chi connectivity index (χ1n) is 11.0. The van der Waals surface area contributed by atoms with Gasteiger partial charge >= 0.3 is 5.97 Å². The van der Waals surface area contributed by atoms with Crippen LogP contribution in [-0.2, 0) is 21.4 Å². The van der Waals surface area contributed by atoms with Crippen LogP contribution in [0, 0.1) is 17.3 Å². The maximum absolute atomic E-state index is 13.4. The number of esters is 1. The number of nitrogens with zero attached hydrogens (tertiary/aromatic N) is 1. The molecule has 4 aliphatic carbocycles. The van der Waals surface area contributed by atoms with Crippen LogP contribution in [-0.4, -0.2) is 49.8 Å². The van der Waals surface area contributed by atoms with Crippen LogP contribution < -0.4 is 9.47 Å². The van der Waals surface area contributed by atoms with Crippen molar-refractivity contribution < 1.29 is 19.0 Å². The van der Waals surface area contributed by atoms with Crippen molar-refractivity contribution in [1.82, 2.24) is 4.90 Å². The van der Waals surface area contributed by atoms with Gasteiger partial charge in [-0.25, -0.2) is 0 Å². The molecule has 7 rings (SSSR count). The molecule has 6 aliphatic rings. The molecule has 0 amide bonds. The number of likely N-dealkylation sites (N-methyl/N-ethyl adjacent to an activating group) is 1. The highest BCUT2D eigenvalue weighted by Gasteiger charge is 2.82. The predicted octanol–water partition coefficient (Wildman–Crippen LogP) is 3.67. The van der Waals surface area contributed by atoms with E-state index in [2.05, 4.69) is 31.0 Å². The molecule has 1 saturated heterocycles. The molecule has 0 N–H and O–H groups in total. The number of fused-ring (bicyclic) bond motifs is 1. The first-order valence-corrected chi connectivity index (χ1v) is 11.4. The van der Waals surface area contributed by atoms with Gasteiger partial charge in [0.2, 0.25) is 0 Å². The third-order valence-corrected chi connectivity index (χ3v) is 9.46. The molecule has 1 aromatic carbocycles. The Hall–Kier alpha value is -1.72. The zero-order chi connectivity index (χ0) is 21.1. The minimum Gasteiger partial charge on any atom is -0.493 e. The molecule has 0 unspecified atom stereocenters. The molecule has 1 saturated carbocycles. The fraction of sp³-hybridized carbons (Fsp3) is 0.625. The van der Waals surface area contributed by atoms with Crippen molar-refractivity contribution >= 4 is 17.6 Å². The van der Waals surface area contributed by atoms with Gasteiger partial charge in [-0.2, -0.15) is 0 Å². The monoisotopic (exact) mass is 429 g/mol. The lowest BCUT2D eigenvalue weighted by Gasteiger charge is -2.72. The maximum atomic E-state index is 13.4. The van der Waals surface area contributed by atoms with Gasteiger partial charge in [-0.05, 0) is 58.3 Å². The van der Waals surface area contributed by atoms with E-state index in [1.165, 1.54) is 11.1 Å². The van der Waals surface area contributed by atoms with Crippen LogP contribution in [0.4, 0.5) is 0 Å². The molecule has 6 atom stereocenters. The summed E-state index contributed by atoms with van der Waals surface area (Å²) in [6.45, 7) is 5.46. The lowest BCUT2D eigenvalue weighted by atomic mass is 9.33. The van der Waals surface area contributed by atoms with E-state index < -0.39 is 11.0 Å². The van der Waals surface area contributed by atoms with Crippen molar-refractivity contribution in [2.75, 3.05) is 27.3 Å². The van der Waals surface area contributed by atoms with E-state index in [1.807, 2.05) is 13.0 Å². The van der Waals surface area contributed by atoms with E-state index in [-0.39, 0.29) is 29.3 Å². The summed E-state index contributed by atoms with van der Waals surface area (Å²) in [4.78, 5) is 15.8. The SMILES string of the molecule is CCOC(=O)[C@H]1C[C@H]2C(Cl)=C[C@@]13[C@H]1Cc4ccc(OC)c5c4[C@@]3(CCN1C)[C@]2(C)O5. The number of carbonyl (C=O) groups is 1. The van der Waals surface area contributed by atoms with Gasteiger partial charge < -0.3 is 19.1 Å². The summed E-state index contributed by atoms with van der Waals surface area (Å²) in [6, 6.07) is 4.39. The Balaban J connectivity index is 1.72. The molecular formula is C24H28ClNO4. The number of likely N-dealkylation sites (tertiary alicyclic amines) is 1. The molecule has 4 bridgehead atoms. The second kappa shape index (κ2) is 5.74. The van der Waals surface area contributed by atoms with Crippen molar-refractivity contribution in [1.29, 1.82) is 0 Å². The number of methoxy groups -OCH3 is 1. The Labute approximate surface area is 182 Å². The molecule has 2 fully saturated rings. The smallest absolute Gasteiger partial charge is 0.309 e. The highest BCUT2D eigenvalue weighted by molar-refractivity contribution is 6.30. The molecule has 30 heavy (non-hydrogen) atoms. The average Bonchev–Trinajstić information content (AvgIpc) is 2.99. The third kappa shape index (κ3) is 1.74. The summed E-state index contributed by atoms with van der Waals surface area (Å²) in [5, 5.41) is 0.837. The molecule has 5 nitrogen and oxygen atoms in total. The Morgan fingerprint density at radius 2 is 2.20 bits per heavy atom. The quantitative estimate of drug-likeness (QED) is 0.686. The second-order valence-electron chi connectivity index (χ2n) is 9.75. The predicted molar refractivity (Wildman–Crippen MR) is 113 cm³/mol. The molecule has 2 aliphatic heterocycles. The Morgan fingerprint density at radius 3 is 2.93 bits per heavy atom. The largest absolute Gasteiger partial charge is 0.493 e. The van der Waals surface area contributed by atoms with Gasteiger partial charge in [-0.3, -0.25) is 4.79 Å². The van der Waals surface area contributed by atoms with Gasteiger partial charge in [0.15, 0.2) is 11.5 Å². The van der Waals surface area contributed by atoms with E-state index in [0.717, 1.165) is 35.9 Å². The Morgan fingerprint density at radius 1 is 1.40 bits per heavy atom. The van der Waals surface area contributed by atoms with Gasteiger partial charge in [0.1, 0.15) is 5.60 Å². The standard InChI is InChI=1S/C24H28ClNO4/c1-5-29-21(27)15-11-14-16(25)12-23(15)18-10-13-6-7-17(28-4)20-19(13)24(23,8-9-26(18)3)22(14,2)30-20/h6-7,12,14-15,18H,5,8-11H2,1-4H3/t14-,15+,18+,22+,23-,24-/m0/s1. The highest BCUT2D eigenvalue weighted by Crippen LogP contribution is 2.78. The number of benzene rings is 1. The van der Waals surface area contributed by atoms with Crippen LogP contribution in [0.15, 0.2) is 23.2 Å². The van der Waals surface area contributed by atoms with Gasteiger partial charge in [0.25, 0.3) is 0 Å². The first kappa shape index (κ1) is 19.0. The summed E-state index contributed by atoms with van der Waals surface area (Å²) in [5.41, 5.74) is 1.31. The number of hydrogen-bond acceptors (Lipinski definition) is 5. The van der Waals surface area contributed by atoms with Gasteiger partial charge in [-0.1, -0.05) is 23.7 Å². The van der Waals surface area contributed by atoms with Crippen LogP contribution in [0.5, 0.6) is 11.5 Å². The second-order valence-corrected chi connectivity index (χ2v) is 10.2. The average molecular weight is 430 g/mol. The fourth-order valence-electron chi connectivity index (χ4n) is 8.08. The van der Waals surface area contributed by atoms with Gasteiger partial charge in [0.05, 0.1) is 25.0 Å². The molecule has 1 aromatic rings. The van der Waals surface area contributed by atoms with E-state index in [4.69, 9.17) is 25.8 Å². The summed E-state index contributed by atoms with van der Waals surface area (Å²) < 4.78 is 18.3. The number of hydrogen-bond donors (Lipinski definition) is 0. The lowest BCUT2D eigenvalue weighted by Crippen LogP contribution is -2.80. The number of carbonyl (C=O) groups excluding carboxylic acids is 1. The van der Waals surface area contributed by atoms with Crippen molar-refractivity contribution in [3.8, 4) is 11.5 Å². The highest BCUT2D eigenvalue weighted by atomic mass is 35.5. The normalized spacial score (nSPS) is 42.3. The maximum Gasteiger partial charge on any atom is 0.309 e. The topological polar surface area (TPSA) is 48.0 Å². The molecule has 0 radical (unpaired) electrons. The van der Waals surface area contributed by atoms with Crippen LogP contribution in [0.3, 0.4) is 0 Å². The zero-order valence-corrected chi connectivity index (χ0v) is 18.7. The van der Waals surface area contributed by atoms with Crippen molar-refractivity contribution in [2.24, 2.45) is 17.3 Å². The summed E-state index contributed by atoms with van der Waals surface area (Å²) >= 11 is 6.96. The molecule has 2 spiro atoms. The van der Waals surface area contributed by atoms with Crippen LogP contribution in [0.1, 0.15) is 37.8 Å². The van der Waals surface area contributed by atoms with Crippen LogP contribution >= 0.6 is 11.6 Å². The number of halogens is 1. The van der Waals surface area contributed by atoms with E-state index in [9.17, 15) is 4.79 Å². The molecular weight excluding hydrogens is 402 g/mol. The Kier molecular flexibility index (Phi) is 3.64. The van der Waals surface area contributed by atoms with Crippen molar-refractivity contribution in [3.05, 3.63) is 34.4 Å². The molecule has 2 heterocycles. The third-order valence-electron chi connectivity index (χ3n) is 9.09. The fourth-order valence-corrected chi connectivity index (χ4v) is 8.56. The summed E-state index contributed by atoms with van der Waals surface area (Å²) in [7, 11) is 3.88. The van der Waals surface area contributed by atoms with Gasteiger partial charge in [0, 0.05) is 28.0 Å². The Bertz CT molecular complexity index is 1010. The number of piperidine rings is 1. The van der Waals surface area contributed by atoms with Gasteiger partial charge in [-0.15, -0.1) is 0 Å². The van der Waals surface area contributed by atoms with Crippen LogP contribution in [0.2, 0.25) is 0 Å². The van der Waals surface area contributed by atoms with E-state index in [1.54, 1.807) is 7.11 Å². The van der Waals surface area contributed by atoms with E-state index in [0.29, 0.717) is 13.0 Å². The van der Waals surface area contributed by atoms with E-state index >= 15 is 0 Å². The minimum atomic E-state index is -0.506. The summed E-state index contributed by atoms with van der Waals surface area (Å²) in [6.07, 6.45) is 4.71. The number of ether oxygens (including phenoxy) is 3. The molecule has 0 aromatic heterocycles. The molecule has 160 valence electrons. The molecule has 6 heteroatoms. The first-order chi connectivity index (χ1) is 14.4.